The summed E-state index contributed by atoms with van der Waals surface area (Å²) in [6.07, 6.45) is 3.47. The number of hydrogen-bond donors (Lipinski definition) is 2. The maximum absolute atomic E-state index is 15.1. The molecule has 1 unspecified atom stereocenters. The first-order valence-corrected chi connectivity index (χ1v) is 17.0. The van der Waals surface area contributed by atoms with Crippen molar-refractivity contribution in [3.05, 3.63) is 93.9 Å². The number of nitrogens with one attached hydrogen (secondary N) is 2. The number of carbonyl (C=O) groups is 2. The number of morpholine rings is 1. The zero-order chi connectivity index (χ0) is 35.2. The number of anilines is 3. The Morgan fingerprint density at radius 2 is 1.80 bits per heavy atom. The van der Waals surface area contributed by atoms with Crippen molar-refractivity contribution in [2.75, 3.05) is 63.7 Å². The molecule has 0 saturated carbocycles. The number of amides is 2. The maximum atomic E-state index is 15.1. The molecule has 13 heteroatoms. The van der Waals surface area contributed by atoms with E-state index in [1.165, 1.54) is 18.3 Å². The molecule has 3 aromatic carbocycles. The van der Waals surface area contributed by atoms with Crippen LogP contribution in [0.2, 0.25) is 5.02 Å². The smallest absolute Gasteiger partial charge is 0.262 e. The van der Waals surface area contributed by atoms with Gasteiger partial charge in [0.1, 0.15) is 11.3 Å². The second kappa shape index (κ2) is 15.8. The van der Waals surface area contributed by atoms with E-state index in [9.17, 15) is 9.59 Å². The van der Waals surface area contributed by atoms with E-state index >= 15 is 4.39 Å². The molecule has 3 heterocycles. The van der Waals surface area contributed by atoms with Gasteiger partial charge in [-0.2, -0.15) is 4.98 Å². The molecule has 50 heavy (non-hydrogen) atoms. The number of hydrogen-bond acceptors (Lipinski definition) is 9. The Morgan fingerprint density at radius 3 is 2.52 bits per heavy atom. The van der Waals surface area contributed by atoms with Crippen LogP contribution < -0.4 is 20.1 Å². The highest BCUT2D eigenvalue weighted by molar-refractivity contribution is 6.32. The highest BCUT2D eigenvalue weighted by atomic mass is 35.5. The number of para-hydroxylation sites is 1. The fraction of sp³-hybridized carbons (Fsp3) is 0.351. The number of ether oxygens (including phenoxy) is 3. The van der Waals surface area contributed by atoms with Crippen LogP contribution in [0.5, 0.6) is 17.4 Å². The summed E-state index contributed by atoms with van der Waals surface area (Å²) in [5.41, 5.74) is 3.21. The average Bonchev–Trinajstić information content (AvgIpc) is 3.10. The van der Waals surface area contributed by atoms with Gasteiger partial charge in [-0.3, -0.25) is 9.59 Å². The minimum atomic E-state index is -0.529. The van der Waals surface area contributed by atoms with Crippen LogP contribution in [0.25, 0.3) is 0 Å². The highest BCUT2D eigenvalue weighted by Crippen LogP contribution is 2.33. The summed E-state index contributed by atoms with van der Waals surface area (Å²) in [7, 11) is 2.08. The third-order valence-corrected chi connectivity index (χ3v) is 9.08. The first kappa shape index (κ1) is 35.1. The van der Waals surface area contributed by atoms with E-state index in [2.05, 4.69) is 32.5 Å². The molecule has 2 fully saturated rings. The molecule has 1 aromatic heterocycles. The third kappa shape index (κ3) is 8.50. The highest BCUT2D eigenvalue weighted by Gasteiger charge is 2.23. The van der Waals surface area contributed by atoms with Gasteiger partial charge in [0.2, 0.25) is 11.8 Å². The fourth-order valence-corrected chi connectivity index (χ4v) is 6.28. The monoisotopic (exact) mass is 702 g/mol. The number of nitrogens with zero attached hydrogens (tertiary/aromatic N) is 4. The van der Waals surface area contributed by atoms with E-state index in [-0.39, 0.29) is 39.8 Å². The first-order valence-electron chi connectivity index (χ1n) is 16.6. The predicted molar refractivity (Wildman–Crippen MR) is 190 cm³/mol. The number of rotatable bonds is 10. The minimum absolute atomic E-state index is 0.0334. The number of halogens is 2. The lowest BCUT2D eigenvalue weighted by molar-refractivity contribution is 0.0303. The van der Waals surface area contributed by atoms with Crippen molar-refractivity contribution in [2.24, 2.45) is 5.92 Å². The summed E-state index contributed by atoms with van der Waals surface area (Å²) in [5, 5.41) is 6.08. The van der Waals surface area contributed by atoms with Crippen LogP contribution in [0.1, 0.15) is 44.7 Å². The number of carbonyl (C=O) groups excluding carboxylic acids is 2. The van der Waals surface area contributed by atoms with Crippen LogP contribution in [-0.2, 0) is 4.74 Å². The summed E-state index contributed by atoms with van der Waals surface area (Å²) in [6, 6.07) is 14.9. The van der Waals surface area contributed by atoms with Crippen molar-refractivity contribution >= 4 is 40.7 Å². The number of benzene rings is 3. The van der Waals surface area contributed by atoms with Crippen LogP contribution in [0, 0.1) is 25.6 Å². The van der Waals surface area contributed by atoms with Gasteiger partial charge in [0.25, 0.3) is 11.8 Å². The lowest BCUT2D eigenvalue weighted by atomic mass is 10.00. The van der Waals surface area contributed by atoms with Gasteiger partial charge in [-0.25, -0.2) is 9.37 Å². The van der Waals surface area contributed by atoms with Crippen molar-refractivity contribution in [2.45, 2.75) is 26.7 Å². The van der Waals surface area contributed by atoms with E-state index in [1.807, 2.05) is 32.0 Å². The second-order valence-electron chi connectivity index (χ2n) is 12.6. The van der Waals surface area contributed by atoms with Crippen LogP contribution in [-0.4, -0.2) is 84.6 Å². The minimum Gasteiger partial charge on any atom is -0.490 e. The molecule has 1 atom stereocenters. The average molecular weight is 703 g/mol. The lowest BCUT2D eigenvalue weighted by Crippen LogP contribution is -2.40. The molecule has 0 aliphatic carbocycles. The molecule has 4 aromatic rings. The molecule has 2 amide bonds. The molecule has 2 aliphatic rings. The predicted octanol–water partition coefficient (Wildman–Crippen LogP) is 6.87. The molecule has 6 rings (SSSR count). The quantitative estimate of drug-likeness (QED) is 0.183. The Balaban J connectivity index is 1.23. The van der Waals surface area contributed by atoms with Crippen molar-refractivity contribution in [1.29, 1.82) is 0 Å². The molecule has 11 nitrogen and oxygen atoms in total. The van der Waals surface area contributed by atoms with Gasteiger partial charge < -0.3 is 34.6 Å². The Hall–Kier alpha value is -4.78. The van der Waals surface area contributed by atoms with Gasteiger partial charge in [0.15, 0.2) is 11.6 Å². The van der Waals surface area contributed by atoms with Crippen molar-refractivity contribution in [1.82, 2.24) is 19.8 Å². The van der Waals surface area contributed by atoms with Gasteiger partial charge in [0.05, 0.1) is 24.8 Å². The SMILES string of the molecule is Cc1cccc(C)c1NC(=O)c1cnc(Nc2ccc(OCC3CCCN(C)C3)c(F)c2)nc1Oc1ccc(C(=O)N2CCOCC2)cc1Cl. The van der Waals surface area contributed by atoms with E-state index in [1.54, 1.807) is 29.2 Å². The summed E-state index contributed by atoms with van der Waals surface area (Å²) >= 11 is 6.61. The normalized spacial score (nSPS) is 16.5. The van der Waals surface area contributed by atoms with Crippen LogP contribution in [0.4, 0.5) is 21.7 Å². The van der Waals surface area contributed by atoms with Crippen molar-refractivity contribution < 1.29 is 28.2 Å². The molecular formula is C37H40ClFN6O5. The molecule has 0 radical (unpaired) electrons. The Morgan fingerprint density at radius 1 is 1.04 bits per heavy atom. The molecular weight excluding hydrogens is 663 g/mol. The van der Waals surface area contributed by atoms with Crippen molar-refractivity contribution in [3.63, 3.8) is 0 Å². The van der Waals surface area contributed by atoms with Crippen LogP contribution >= 0.6 is 11.6 Å². The zero-order valence-corrected chi connectivity index (χ0v) is 29.1. The molecule has 2 aliphatic heterocycles. The Bertz CT molecular complexity index is 1850. The molecule has 2 saturated heterocycles. The van der Waals surface area contributed by atoms with Gasteiger partial charge in [0, 0.05) is 54.8 Å². The van der Waals surface area contributed by atoms with Gasteiger partial charge in [-0.1, -0.05) is 29.8 Å². The van der Waals surface area contributed by atoms with Gasteiger partial charge in [-0.05, 0) is 81.7 Å². The zero-order valence-electron chi connectivity index (χ0n) is 28.3. The number of likely N-dealkylation sites (tertiary alicyclic amines) is 1. The van der Waals surface area contributed by atoms with Gasteiger partial charge >= 0.3 is 0 Å². The van der Waals surface area contributed by atoms with Crippen LogP contribution in [0.15, 0.2) is 60.8 Å². The van der Waals surface area contributed by atoms with E-state index in [0.717, 1.165) is 37.1 Å². The number of aryl methyl sites for hydroxylation is 2. The molecule has 2 N–H and O–H groups in total. The van der Waals surface area contributed by atoms with E-state index in [0.29, 0.717) is 55.8 Å². The summed E-state index contributed by atoms with van der Waals surface area (Å²) in [4.78, 5) is 39.4. The topological polar surface area (TPSA) is 118 Å². The third-order valence-electron chi connectivity index (χ3n) is 8.79. The van der Waals surface area contributed by atoms with Crippen LogP contribution in [0.3, 0.4) is 0 Å². The summed E-state index contributed by atoms with van der Waals surface area (Å²) in [5.74, 6) is -0.567. The Kier molecular flexibility index (Phi) is 11.1. The van der Waals surface area contributed by atoms with Gasteiger partial charge in [-0.15, -0.1) is 0 Å². The summed E-state index contributed by atoms with van der Waals surface area (Å²) in [6.45, 7) is 8.14. The summed E-state index contributed by atoms with van der Waals surface area (Å²) < 4.78 is 32.4. The number of piperidine rings is 1. The largest absolute Gasteiger partial charge is 0.490 e. The van der Waals surface area contributed by atoms with Crippen molar-refractivity contribution in [3.8, 4) is 17.4 Å². The Labute approximate surface area is 295 Å². The molecule has 262 valence electrons. The fourth-order valence-electron chi connectivity index (χ4n) is 6.06. The number of aromatic nitrogens is 2. The standard InChI is InChI=1S/C37H40ClFN6O5/c1-23-6-4-7-24(2)33(23)42-34(46)28-20-40-37(41-27-10-12-32(30(39)19-27)49-22-25-8-5-13-44(3)21-25)43-35(28)50-31-11-9-26(18-29(31)38)36(47)45-14-16-48-17-15-45/h4,6-7,9-12,18-20,25H,5,8,13-17,21-22H2,1-3H3,(H,42,46)(H,40,41,43). The van der Waals surface area contributed by atoms with E-state index in [4.69, 9.17) is 25.8 Å². The second-order valence-corrected chi connectivity index (χ2v) is 13.0. The lowest BCUT2D eigenvalue weighted by Gasteiger charge is -2.29. The molecule has 0 spiro atoms. The van der Waals surface area contributed by atoms with E-state index < -0.39 is 11.7 Å². The molecule has 0 bridgehead atoms. The first-order chi connectivity index (χ1) is 24.1. The maximum Gasteiger partial charge on any atom is 0.262 e.